The Morgan fingerprint density at radius 1 is 1.29 bits per heavy atom. The molecule has 0 aromatic rings. The van der Waals surface area contributed by atoms with Crippen molar-refractivity contribution in [2.75, 3.05) is 19.7 Å². The summed E-state index contributed by atoms with van der Waals surface area (Å²) in [5, 5.41) is 9.45. The molecule has 0 bridgehead atoms. The van der Waals surface area contributed by atoms with E-state index in [-0.39, 0.29) is 12.5 Å². The molecule has 0 aliphatic rings. The fourth-order valence-electron chi connectivity index (χ4n) is 1.06. The van der Waals surface area contributed by atoms with Gasteiger partial charge in [0.05, 0.1) is 12.7 Å². The van der Waals surface area contributed by atoms with Gasteiger partial charge in [-0.2, -0.15) is 8.42 Å². The van der Waals surface area contributed by atoms with Crippen molar-refractivity contribution in [3.05, 3.63) is 0 Å². The van der Waals surface area contributed by atoms with Crippen LogP contribution in [0.15, 0.2) is 0 Å². The predicted octanol–water partition coefficient (Wildman–Crippen LogP) is 0.706. The number of aliphatic hydroxyl groups is 1. The molecule has 3 unspecified atom stereocenters. The van der Waals surface area contributed by atoms with Crippen molar-refractivity contribution in [1.82, 2.24) is 0 Å². The molecule has 104 valence electrons. The number of aliphatic hydroxyl groups excluding tert-OH is 1. The molecule has 0 amide bonds. The maximum absolute atomic E-state index is 11.4. The lowest BCUT2D eigenvalue weighted by atomic mass is 10.1. The molecule has 17 heavy (non-hydrogen) atoms. The second kappa shape index (κ2) is 7.99. The number of rotatable bonds is 9. The number of hydrogen-bond donors (Lipinski definition) is 1. The van der Waals surface area contributed by atoms with E-state index < -0.39 is 28.5 Å². The SMILES string of the molecule is CCC(C)C(O)OCS(=O)(=O)OC(C)COC. The molecule has 0 saturated heterocycles. The molecule has 3 atom stereocenters. The summed E-state index contributed by atoms with van der Waals surface area (Å²) in [7, 11) is -2.35. The molecule has 1 N–H and O–H groups in total. The highest BCUT2D eigenvalue weighted by Gasteiger charge is 2.20. The van der Waals surface area contributed by atoms with Crippen LogP contribution < -0.4 is 0 Å². The summed E-state index contributed by atoms with van der Waals surface area (Å²) in [6, 6.07) is 0. The third-order valence-electron chi connectivity index (χ3n) is 2.23. The van der Waals surface area contributed by atoms with Crippen molar-refractivity contribution in [2.24, 2.45) is 5.92 Å². The number of ether oxygens (including phenoxy) is 2. The van der Waals surface area contributed by atoms with Gasteiger partial charge in [0.2, 0.25) is 0 Å². The van der Waals surface area contributed by atoms with Crippen LogP contribution in [0.5, 0.6) is 0 Å². The molecule has 0 spiro atoms. The average Bonchev–Trinajstić information content (AvgIpc) is 2.24. The third kappa shape index (κ3) is 7.67. The van der Waals surface area contributed by atoms with Gasteiger partial charge in [-0.3, -0.25) is 4.18 Å². The third-order valence-corrected chi connectivity index (χ3v) is 3.27. The quantitative estimate of drug-likeness (QED) is 0.491. The highest BCUT2D eigenvalue weighted by atomic mass is 32.2. The van der Waals surface area contributed by atoms with E-state index in [1.165, 1.54) is 7.11 Å². The minimum Gasteiger partial charge on any atom is -0.382 e. The predicted molar refractivity (Wildman–Crippen MR) is 62.8 cm³/mol. The Morgan fingerprint density at radius 3 is 2.35 bits per heavy atom. The van der Waals surface area contributed by atoms with E-state index >= 15 is 0 Å². The van der Waals surface area contributed by atoms with Crippen molar-refractivity contribution >= 4 is 10.1 Å². The highest BCUT2D eigenvalue weighted by molar-refractivity contribution is 7.86. The lowest BCUT2D eigenvalue weighted by molar-refractivity contribution is -0.117. The van der Waals surface area contributed by atoms with Crippen LogP contribution in [0.2, 0.25) is 0 Å². The van der Waals surface area contributed by atoms with Gasteiger partial charge in [0.25, 0.3) is 10.1 Å². The zero-order valence-electron chi connectivity index (χ0n) is 10.8. The van der Waals surface area contributed by atoms with Gasteiger partial charge in [-0.25, -0.2) is 0 Å². The van der Waals surface area contributed by atoms with Crippen LogP contribution in [0.1, 0.15) is 27.2 Å². The molecular formula is C10H22O6S. The van der Waals surface area contributed by atoms with Crippen LogP contribution >= 0.6 is 0 Å². The Morgan fingerprint density at radius 2 is 1.88 bits per heavy atom. The van der Waals surface area contributed by atoms with Crippen molar-refractivity contribution < 1.29 is 27.2 Å². The molecule has 0 heterocycles. The van der Waals surface area contributed by atoms with Crippen LogP contribution in [0.25, 0.3) is 0 Å². The molecule has 0 saturated carbocycles. The maximum Gasteiger partial charge on any atom is 0.292 e. The monoisotopic (exact) mass is 270 g/mol. The van der Waals surface area contributed by atoms with Gasteiger partial charge in [0, 0.05) is 13.0 Å². The largest absolute Gasteiger partial charge is 0.382 e. The Balaban J connectivity index is 4.10. The lowest BCUT2D eigenvalue weighted by Crippen LogP contribution is -2.27. The summed E-state index contributed by atoms with van der Waals surface area (Å²) >= 11 is 0. The van der Waals surface area contributed by atoms with Crippen LogP contribution in [0, 0.1) is 5.92 Å². The Labute approximate surface area is 103 Å². The van der Waals surface area contributed by atoms with Gasteiger partial charge >= 0.3 is 0 Å². The minimum absolute atomic E-state index is 0.124. The lowest BCUT2D eigenvalue weighted by Gasteiger charge is -2.18. The van der Waals surface area contributed by atoms with Crippen LogP contribution in [0.3, 0.4) is 0 Å². The van der Waals surface area contributed by atoms with E-state index in [1.807, 2.05) is 6.92 Å². The zero-order chi connectivity index (χ0) is 13.5. The summed E-state index contributed by atoms with van der Waals surface area (Å²) in [6.07, 6.45) is -0.979. The molecule has 0 aromatic heterocycles. The Hall–Kier alpha value is -0.210. The second-order valence-corrected chi connectivity index (χ2v) is 5.52. The molecule has 7 heteroatoms. The van der Waals surface area contributed by atoms with Gasteiger partial charge in [0.15, 0.2) is 12.2 Å². The molecule has 0 radical (unpaired) electrons. The maximum atomic E-state index is 11.4. The van der Waals surface area contributed by atoms with Gasteiger partial charge in [-0.1, -0.05) is 13.8 Å². The van der Waals surface area contributed by atoms with Crippen LogP contribution in [-0.4, -0.2) is 45.6 Å². The van der Waals surface area contributed by atoms with E-state index in [2.05, 4.69) is 0 Å². The molecular weight excluding hydrogens is 248 g/mol. The van der Waals surface area contributed by atoms with E-state index in [0.717, 1.165) is 0 Å². The Kier molecular flexibility index (Phi) is 7.89. The minimum atomic E-state index is -3.80. The second-order valence-electron chi connectivity index (χ2n) is 3.98. The summed E-state index contributed by atoms with van der Waals surface area (Å²) < 4.78 is 37.2. The van der Waals surface area contributed by atoms with E-state index in [4.69, 9.17) is 13.7 Å². The van der Waals surface area contributed by atoms with Gasteiger partial charge < -0.3 is 14.6 Å². The topological polar surface area (TPSA) is 82.1 Å². The highest BCUT2D eigenvalue weighted by Crippen LogP contribution is 2.10. The van der Waals surface area contributed by atoms with Crippen molar-refractivity contribution in [2.45, 2.75) is 39.6 Å². The first-order valence-corrected chi connectivity index (χ1v) is 7.09. The van der Waals surface area contributed by atoms with Crippen LogP contribution in [0.4, 0.5) is 0 Å². The van der Waals surface area contributed by atoms with Crippen molar-refractivity contribution in [1.29, 1.82) is 0 Å². The Bertz CT molecular complexity index is 289. The first-order chi connectivity index (χ1) is 7.82. The van der Waals surface area contributed by atoms with Gasteiger partial charge in [0.1, 0.15) is 0 Å². The summed E-state index contributed by atoms with van der Waals surface area (Å²) in [6.45, 7) is 5.40. The number of methoxy groups -OCH3 is 1. The normalized spacial score (nSPS) is 17.7. The molecule has 0 aromatic carbocycles. The average molecular weight is 270 g/mol. The van der Waals surface area contributed by atoms with Gasteiger partial charge in [-0.05, 0) is 13.3 Å². The number of hydrogen-bond acceptors (Lipinski definition) is 6. The van der Waals surface area contributed by atoms with E-state index in [9.17, 15) is 13.5 Å². The summed E-state index contributed by atoms with van der Waals surface area (Å²) in [5.41, 5.74) is 0. The van der Waals surface area contributed by atoms with Crippen molar-refractivity contribution in [3.63, 3.8) is 0 Å². The molecule has 0 fully saturated rings. The summed E-state index contributed by atoms with van der Waals surface area (Å²) in [4.78, 5) is 0. The van der Waals surface area contributed by atoms with E-state index in [1.54, 1.807) is 13.8 Å². The first-order valence-electron chi connectivity index (χ1n) is 5.52. The molecule has 0 aliphatic heterocycles. The van der Waals surface area contributed by atoms with Crippen LogP contribution in [-0.2, 0) is 23.8 Å². The molecule has 0 rings (SSSR count). The van der Waals surface area contributed by atoms with Crippen molar-refractivity contribution in [3.8, 4) is 0 Å². The van der Waals surface area contributed by atoms with E-state index in [0.29, 0.717) is 6.42 Å². The fraction of sp³-hybridized carbons (Fsp3) is 1.00. The molecule has 6 nitrogen and oxygen atoms in total. The first kappa shape index (κ1) is 16.8. The van der Waals surface area contributed by atoms with Gasteiger partial charge in [-0.15, -0.1) is 0 Å². The fourth-order valence-corrected chi connectivity index (χ4v) is 1.98. The summed E-state index contributed by atoms with van der Waals surface area (Å²) in [5.74, 6) is -0.784. The zero-order valence-corrected chi connectivity index (χ0v) is 11.6. The standard InChI is InChI=1S/C10H22O6S/c1-5-8(2)10(11)15-7-17(12,13)16-9(3)6-14-4/h8-11H,5-7H2,1-4H3. The molecule has 0 aliphatic carbocycles. The smallest absolute Gasteiger partial charge is 0.292 e.